The fourth-order valence-electron chi connectivity index (χ4n) is 1.79. The summed E-state index contributed by atoms with van der Waals surface area (Å²) in [5.74, 6) is -0.211. The molecule has 0 bridgehead atoms. The first-order valence-electron chi connectivity index (χ1n) is 5.51. The van der Waals surface area contributed by atoms with Gasteiger partial charge in [0.25, 0.3) is 0 Å². The predicted octanol–water partition coefficient (Wildman–Crippen LogP) is 2.03. The van der Waals surface area contributed by atoms with Gasteiger partial charge in [-0.1, -0.05) is 12.0 Å². The SMILES string of the molecule is COC(=O)C(C)=C(C)C[SiH]1CCCCO1. The molecule has 0 aromatic rings. The van der Waals surface area contributed by atoms with Crippen molar-refractivity contribution in [2.24, 2.45) is 0 Å². The summed E-state index contributed by atoms with van der Waals surface area (Å²) >= 11 is 0. The van der Waals surface area contributed by atoms with Crippen LogP contribution in [0.5, 0.6) is 0 Å². The van der Waals surface area contributed by atoms with Gasteiger partial charge in [0, 0.05) is 12.2 Å². The van der Waals surface area contributed by atoms with E-state index in [0.29, 0.717) is 0 Å². The van der Waals surface area contributed by atoms with E-state index in [2.05, 4.69) is 0 Å². The summed E-state index contributed by atoms with van der Waals surface area (Å²) in [6.45, 7) is 4.76. The van der Waals surface area contributed by atoms with E-state index in [4.69, 9.17) is 9.16 Å². The quantitative estimate of drug-likeness (QED) is 0.421. The summed E-state index contributed by atoms with van der Waals surface area (Å²) < 4.78 is 10.5. The third-order valence-corrected chi connectivity index (χ3v) is 5.77. The van der Waals surface area contributed by atoms with E-state index >= 15 is 0 Å². The predicted molar refractivity (Wildman–Crippen MR) is 62.3 cm³/mol. The van der Waals surface area contributed by atoms with Gasteiger partial charge in [-0.2, -0.15) is 0 Å². The van der Waals surface area contributed by atoms with Crippen molar-refractivity contribution in [3.8, 4) is 0 Å². The first kappa shape index (κ1) is 12.5. The molecule has 0 aromatic heterocycles. The summed E-state index contributed by atoms with van der Waals surface area (Å²) in [5.41, 5.74) is 1.89. The van der Waals surface area contributed by atoms with Crippen LogP contribution in [0.15, 0.2) is 11.1 Å². The largest absolute Gasteiger partial charge is 0.466 e. The van der Waals surface area contributed by atoms with Gasteiger partial charge in [-0.05, 0) is 32.4 Å². The number of methoxy groups -OCH3 is 1. The molecule has 1 fully saturated rings. The Labute approximate surface area is 93.2 Å². The van der Waals surface area contributed by atoms with E-state index in [-0.39, 0.29) is 5.97 Å². The number of hydrogen-bond acceptors (Lipinski definition) is 3. The molecule has 1 aliphatic rings. The maximum absolute atomic E-state index is 11.3. The molecule has 0 aliphatic carbocycles. The second kappa shape index (κ2) is 6.08. The van der Waals surface area contributed by atoms with Crippen LogP contribution in [0.25, 0.3) is 0 Å². The van der Waals surface area contributed by atoms with Crippen LogP contribution in [0.4, 0.5) is 0 Å². The number of allylic oxidation sites excluding steroid dienone is 1. The van der Waals surface area contributed by atoms with Crippen molar-refractivity contribution >= 4 is 15.0 Å². The molecule has 0 radical (unpaired) electrons. The molecular weight excluding hydrogens is 208 g/mol. The van der Waals surface area contributed by atoms with Crippen molar-refractivity contribution in [2.45, 2.75) is 38.8 Å². The van der Waals surface area contributed by atoms with Gasteiger partial charge in [0.1, 0.15) is 0 Å². The van der Waals surface area contributed by atoms with Crippen LogP contribution in [0, 0.1) is 0 Å². The number of carbonyl (C=O) groups is 1. The molecule has 1 rings (SSSR count). The Morgan fingerprint density at radius 3 is 2.67 bits per heavy atom. The zero-order valence-electron chi connectivity index (χ0n) is 9.84. The smallest absolute Gasteiger partial charge is 0.333 e. The van der Waals surface area contributed by atoms with Crippen LogP contribution < -0.4 is 0 Å². The Balaban J connectivity index is 2.51. The lowest BCUT2D eigenvalue weighted by molar-refractivity contribution is -0.136. The van der Waals surface area contributed by atoms with Crippen molar-refractivity contribution in [1.82, 2.24) is 0 Å². The van der Waals surface area contributed by atoms with Gasteiger partial charge in [0.15, 0.2) is 9.04 Å². The Morgan fingerprint density at radius 1 is 1.40 bits per heavy atom. The Kier molecular flexibility index (Phi) is 5.05. The minimum Gasteiger partial charge on any atom is -0.466 e. The van der Waals surface area contributed by atoms with E-state index in [1.807, 2.05) is 13.8 Å². The van der Waals surface area contributed by atoms with Crippen molar-refractivity contribution < 1.29 is 14.0 Å². The van der Waals surface area contributed by atoms with E-state index in [9.17, 15) is 4.79 Å². The minimum atomic E-state index is -1.06. The van der Waals surface area contributed by atoms with Crippen LogP contribution in [-0.2, 0) is 14.0 Å². The third kappa shape index (κ3) is 3.79. The molecule has 4 heteroatoms. The molecule has 0 spiro atoms. The third-order valence-electron chi connectivity index (χ3n) is 2.94. The minimum absolute atomic E-state index is 0.211. The number of rotatable bonds is 3. The van der Waals surface area contributed by atoms with Gasteiger partial charge >= 0.3 is 5.97 Å². The lowest BCUT2D eigenvalue weighted by Gasteiger charge is -2.21. The number of esters is 1. The Morgan fingerprint density at radius 2 is 2.13 bits per heavy atom. The highest BCUT2D eigenvalue weighted by molar-refractivity contribution is 6.52. The fourth-order valence-corrected chi connectivity index (χ4v) is 4.51. The van der Waals surface area contributed by atoms with Crippen molar-refractivity contribution in [1.29, 1.82) is 0 Å². The molecule has 1 unspecified atom stereocenters. The summed E-state index contributed by atoms with van der Waals surface area (Å²) in [7, 11) is 0.366. The van der Waals surface area contributed by atoms with E-state index < -0.39 is 9.04 Å². The highest BCUT2D eigenvalue weighted by atomic mass is 28.3. The van der Waals surface area contributed by atoms with Gasteiger partial charge in [-0.15, -0.1) is 0 Å². The van der Waals surface area contributed by atoms with E-state index in [0.717, 1.165) is 23.8 Å². The van der Waals surface area contributed by atoms with Gasteiger partial charge in [0.05, 0.1) is 7.11 Å². The molecule has 0 saturated carbocycles. The van der Waals surface area contributed by atoms with Gasteiger partial charge in [-0.3, -0.25) is 0 Å². The average Bonchev–Trinajstić information content (AvgIpc) is 2.28. The first-order chi connectivity index (χ1) is 7.15. The molecule has 0 N–H and O–H groups in total. The topological polar surface area (TPSA) is 35.5 Å². The van der Waals surface area contributed by atoms with Crippen molar-refractivity contribution in [3.05, 3.63) is 11.1 Å². The zero-order chi connectivity index (χ0) is 11.3. The first-order valence-corrected chi connectivity index (χ1v) is 7.62. The molecule has 1 atom stereocenters. The summed E-state index contributed by atoms with van der Waals surface area (Å²) in [4.78, 5) is 11.3. The van der Waals surface area contributed by atoms with Crippen molar-refractivity contribution in [3.63, 3.8) is 0 Å². The number of carbonyl (C=O) groups excluding carboxylic acids is 1. The molecule has 0 aromatic carbocycles. The number of ether oxygens (including phenoxy) is 1. The van der Waals surface area contributed by atoms with Gasteiger partial charge < -0.3 is 9.16 Å². The highest BCUT2D eigenvalue weighted by Crippen LogP contribution is 2.20. The Hall–Kier alpha value is -0.613. The fraction of sp³-hybridized carbons (Fsp3) is 0.727. The highest BCUT2D eigenvalue weighted by Gasteiger charge is 2.18. The van der Waals surface area contributed by atoms with Crippen LogP contribution in [0.2, 0.25) is 12.1 Å². The van der Waals surface area contributed by atoms with Gasteiger partial charge in [0.2, 0.25) is 0 Å². The van der Waals surface area contributed by atoms with Crippen molar-refractivity contribution in [2.75, 3.05) is 13.7 Å². The molecule has 0 amide bonds. The lowest BCUT2D eigenvalue weighted by atomic mass is 10.2. The lowest BCUT2D eigenvalue weighted by Crippen LogP contribution is -2.23. The zero-order valence-corrected chi connectivity index (χ0v) is 11.0. The maximum Gasteiger partial charge on any atom is 0.333 e. The molecule has 1 heterocycles. The van der Waals surface area contributed by atoms with Crippen LogP contribution >= 0.6 is 0 Å². The van der Waals surface area contributed by atoms with Gasteiger partial charge in [-0.25, -0.2) is 4.79 Å². The van der Waals surface area contributed by atoms with Crippen LogP contribution in [0.1, 0.15) is 26.7 Å². The maximum atomic E-state index is 11.3. The van der Waals surface area contributed by atoms with E-state index in [1.54, 1.807) is 0 Å². The van der Waals surface area contributed by atoms with Crippen LogP contribution in [0.3, 0.4) is 0 Å². The monoisotopic (exact) mass is 228 g/mol. The molecule has 1 aliphatic heterocycles. The second-order valence-corrected chi connectivity index (χ2v) is 6.65. The molecular formula is C11H20O3Si. The summed E-state index contributed by atoms with van der Waals surface area (Å²) in [5, 5.41) is 0. The molecule has 3 nitrogen and oxygen atoms in total. The van der Waals surface area contributed by atoms with E-state index in [1.165, 1.54) is 26.0 Å². The normalized spacial score (nSPS) is 23.3. The molecule has 86 valence electrons. The standard InChI is InChI=1S/C11H20O3Si/c1-9(10(2)11(12)13-3)8-15-7-5-4-6-14-15/h15H,4-8H2,1-3H3. The summed E-state index contributed by atoms with van der Waals surface area (Å²) in [6, 6.07) is 2.23. The second-order valence-electron chi connectivity index (χ2n) is 4.09. The average molecular weight is 228 g/mol. The number of hydrogen-bond donors (Lipinski definition) is 0. The van der Waals surface area contributed by atoms with Crippen LogP contribution in [-0.4, -0.2) is 28.7 Å². The Bertz CT molecular complexity index is 255. The molecule has 15 heavy (non-hydrogen) atoms. The molecule has 1 saturated heterocycles. The summed E-state index contributed by atoms with van der Waals surface area (Å²) in [6.07, 6.45) is 2.49.